The molecule has 24 heavy (non-hydrogen) atoms. The van der Waals surface area contributed by atoms with Crippen LogP contribution in [0, 0.1) is 5.82 Å². The molecule has 122 valence electrons. The molecule has 0 spiro atoms. The molecule has 1 N–H and O–H groups in total. The molecule has 1 unspecified atom stereocenters. The third-order valence-corrected chi connectivity index (χ3v) is 4.39. The molecule has 0 amide bonds. The van der Waals surface area contributed by atoms with E-state index in [1.54, 1.807) is 24.5 Å². The Morgan fingerprint density at radius 1 is 1.08 bits per heavy atom. The zero-order valence-corrected chi connectivity index (χ0v) is 14.0. The van der Waals surface area contributed by atoms with E-state index in [0.717, 1.165) is 16.7 Å². The summed E-state index contributed by atoms with van der Waals surface area (Å²) < 4.78 is 34.0. The van der Waals surface area contributed by atoms with Crippen LogP contribution in [-0.2, 0) is 16.8 Å². The fourth-order valence-electron chi connectivity index (χ4n) is 2.50. The molecule has 0 radical (unpaired) electrons. The summed E-state index contributed by atoms with van der Waals surface area (Å²) in [5.41, 5.74) is 3.39. The van der Waals surface area contributed by atoms with E-state index in [9.17, 15) is 8.60 Å². The third-order valence-electron chi connectivity index (χ3n) is 3.60. The number of hydrogen-bond donors (Lipinski definition) is 1. The first kappa shape index (κ1) is 16.8. The molecular weight excluding hydrogens is 349 g/mol. The molecule has 0 bridgehead atoms. The van der Waals surface area contributed by atoms with Gasteiger partial charge in [0, 0.05) is 28.5 Å². The summed E-state index contributed by atoms with van der Waals surface area (Å²) in [6.45, 7) is 0. The summed E-state index contributed by atoms with van der Waals surface area (Å²) in [7, 11) is 0. The monoisotopic (exact) mass is 361 g/mol. The topological polar surface area (TPSA) is 50.2 Å². The summed E-state index contributed by atoms with van der Waals surface area (Å²) >= 11 is 3.98. The van der Waals surface area contributed by atoms with Crippen molar-refractivity contribution < 1.29 is 13.2 Å². The molecule has 0 aliphatic carbocycles. The van der Waals surface area contributed by atoms with E-state index in [0.29, 0.717) is 10.6 Å². The van der Waals surface area contributed by atoms with Gasteiger partial charge in [0.2, 0.25) is 0 Å². The maximum absolute atomic E-state index is 14.2. The van der Waals surface area contributed by atoms with Crippen LogP contribution in [-0.4, -0.2) is 13.7 Å². The van der Waals surface area contributed by atoms with Gasteiger partial charge in [-0.2, -0.15) is 0 Å². The van der Waals surface area contributed by atoms with E-state index < -0.39 is 16.9 Å². The fraction of sp³-hybridized carbons (Fsp3) is 0.0556. The molecule has 0 saturated carbocycles. The van der Waals surface area contributed by atoms with Crippen LogP contribution >= 0.6 is 11.6 Å². The molecule has 1 atom stereocenters. The molecule has 3 nitrogen and oxygen atoms in total. The molecule has 0 saturated heterocycles. The second kappa shape index (κ2) is 7.21. The number of halogens is 2. The summed E-state index contributed by atoms with van der Waals surface area (Å²) in [6.07, 6.45) is 3.33. The van der Waals surface area contributed by atoms with Gasteiger partial charge in [-0.25, -0.2) is 8.60 Å². The van der Waals surface area contributed by atoms with Gasteiger partial charge in [0.15, 0.2) is 11.1 Å². The van der Waals surface area contributed by atoms with E-state index in [4.69, 9.17) is 16.2 Å². The minimum absolute atomic E-state index is 0.202. The van der Waals surface area contributed by atoms with Gasteiger partial charge in [-0.15, -0.1) is 0 Å². The Hall–Kier alpha value is -2.08. The number of hydrogen-bond acceptors (Lipinski definition) is 2. The van der Waals surface area contributed by atoms with Crippen molar-refractivity contribution in [2.75, 3.05) is 0 Å². The predicted molar refractivity (Wildman–Crippen MR) is 94.6 cm³/mol. The van der Waals surface area contributed by atoms with E-state index in [1.165, 1.54) is 12.1 Å². The molecule has 6 heteroatoms. The molecular formula is C18H13ClFNO2S. The zero-order chi connectivity index (χ0) is 17.1. The van der Waals surface area contributed by atoms with Crippen LogP contribution in [0.4, 0.5) is 4.39 Å². The Bertz CT molecular complexity index is 917. The lowest BCUT2D eigenvalue weighted by molar-refractivity contribution is 0.559. The first-order valence-corrected chi connectivity index (χ1v) is 8.76. The molecule has 1 aromatic heterocycles. The summed E-state index contributed by atoms with van der Waals surface area (Å²) in [5.74, 6) is -0.754. The second-order valence-corrected chi connectivity index (χ2v) is 6.57. The molecule has 1 heterocycles. The van der Waals surface area contributed by atoms with E-state index >= 15 is 0 Å². The van der Waals surface area contributed by atoms with Crippen LogP contribution in [0.3, 0.4) is 0 Å². The van der Waals surface area contributed by atoms with Gasteiger partial charge < -0.3 is 4.55 Å². The van der Waals surface area contributed by atoms with Gasteiger partial charge >= 0.3 is 0 Å². The quantitative estimate of drug-likeness (QED) is 0.670. The maximum atomic E-state index is 14.2. The number of rotatable bonds is 4. The first-order chi connectivity index (χ1) is 11.5. The minimum atomic E-state index is -2.08. The maximum Gasteiger partial charge on any atom is 0.157 e. The van der Waals surface area contributed by atoms with Crippen LogP contribution in [0.2, 0.25) is 5.02 Å². The van der Waals surface area contributed by atoms with Gasteiger partial charge in [0.1, 0.15) is 5.82 Å². The van der Waals surface area contributed by atoms with Crippen molar-refractivity contribution >= 4 is 22.7 Å². The van der Waals surface area contributed by atoms with E-state index in [-0.39, 0.29) is 11.3 Å². The number of aromatic nitrogens is 1. The largest absolute Gasteiger partial charge is 0.306 e. The number of pyridine rings is 1. The molecule has 0 fully saturated rings. The highest BCUT2D eigenvalue weighted by Crippen LogP contribution is 2.33. The van der Waals surface area contributed by atoms with Crippen molar-refractivity contribution in [3.8, 4) is 22.3 Å². The smallest absolute Gasteiger partial charge is 0.157 e. The zero-order valence-electron chi connectivity index (χ0n) is 12.4. The molecule has 0 aliphatic rings. The summed E-state index contributed by atoms with van der Waals surface area (Å²) in [5, 5.41) is 0.613. The van der Waals surface area contributed by atoms with Gasteiger partial charge in [-0.1, -0.05) is 35.9 Å². The van der Waals surface area contributed by atoms with Crippen molar-refractivity contribution in [2.24, 2.45) is 0 Å². The third kappa shape index (κ3) is 3.70. The van der Waals surface area contributed by atoms with Gasteiger partial charge in [0.25, 0.3) is 0 Å². The minimum Gasteiger partial charge on any atom is -0.306 e. The lowest BCUT2D eigenvalue weighted by Crippen LogP contribution is -1.97. The van der Waals surface area contributed by atoms with Crippen molar-refractivity contribution in [1.82, 2.24) is 4.98 Å². The molecule has 0 aliphatic heterocycles. The summed E-state index contributed by atoms with van der Waals surface area (Å²) in [6, 6.07) is 13.8. The average molecular weight is 362 g/mol. The lowest BCUT2D eigenvalue weighted by atomic mass is 9.96. The van der Waals surface area contributed by atoms with Crippen LogP contribution < -0.4 is 0 Å². The fourth-order valence-corrected chi connectivity index (χ4v) is 3.19. The van der Waals surface area contributed by atoms with Gasteiger partial charge in [0.05, 0.1) is 5.75 Å². The van der Waals surface area contributed by atoms with Crippen molar-refractivity contribution in [1.29, 1.82) is 0 Å². The van der Waals surface area contributed by atoms with Crippen LogP contribution in [0.25, 0.3) is 22.3 Å². The average Bonchev–Trinajstić information content (AvgIpc) is 2.56. The van der Waals surface area contributed by atoms with E-state index in [2.05, 4.69) is 4.98 Å². The van der Waals surface area contributed by atoms with Crippen molar-refractivity contribution in [2.45, 2.75) is 5.75 Å². The lowest BCUT2D eigenvalue weighted by Gasteiger charge is -2.11. The van der Waals surface area contributed by atoms with Gasteiger partial charge in [-0.05, 0) is 41.0 Å². The van der Waals surface area contributed by atoms with Crippen LogP contribution in [0.15, 0.2) is 60.9 Å². The highest BCUT2D eigenvalue weighted by molar-refractivity contribution is 7.78. The summed E-state index contributed by atoms with van der Waals surface area (Å²) in [4.78, 5) is 4.13. The Balaban J connectivity index is 2.08. The molecule has 3 aromatic rings. The van der Waals surface area contributed by atoms with E-state index in [1.807, 2.05) is 24.3 Å². The first-order valence-electron chi connectivity index (χ1n) is 7.11. The Morgan fingerprint density at radius 3 is 2.58 bits per heavy atom. The van der Waals surface area contributed by atoms with Gasteiger partial charge in [-0.3, -0.25) is 4.98 Å². The predicted octanol–water partition coefficient (Wildman–Crippen LogP) is 4.93. The Kier molecular flexibility index (Phi) is 5.04. The Morgan fingerprint density at radius 2 is 1.88 bits per heavy atom. The SMILES string of the molecule is O=S(O)Cc1ccc(-c2cnccc2-c2cccc(Cl)c2)cc1F. The Labute approximate surface area is 146 Å². The van der Waals surface area contributed by atoms with Crippen LogP contribution in [0.5, 0.6) is 0 Å². The van der Waals surface area contributed by atoms with Crippen molar-refractivity contribution in [3.05, 3.63) is 77.3 Å². The second-order valence-electron chi connectivity index (χ2n) is 5.20. The highest BCUT2D eigenvalue weighted by atomic mass is 35.5. The van der Waals surface area contributed by atoms with Crippen molar-refractivity contribution in [3.63, 3.8) is 0 Å². The highest BCUT2D eigenvalue weighted by Gasteiger charge is 2.12. The van der Waals surface area contributed by atoms with Crippen LogP contribution in [0.1, 0.15) is 5.56 Å². The standard InChI is InChI=1S/C18H13ClFNO2S/c19-15-3-1-2-12(8-15)16-6-7-21-10-17(16)13-4-5-14(11-24(22)23)18(20)9-13/h1-10H,11H2,(H,22,23). The number of benzene rings is 2. The number of nitrogens with zero attached hydrogens (tertiary/aromatic N) is 1. The molecule has 3 rings (SSSR count). The molecule has 2 aromatic carbocycles. The normalized spacial score (nSPS) is 12.1.